The van der Waals surface area contributed by atoms with Crippen molar-refractivity contribution in [2.75, 3.05) is 0 Å². The first-order valence-electron chi connectivity index (χ1n) is 17.0. The van der Waals surface area contributed by atoms with Crippen molar-refractivity contribution < 1.29 is 8.83 Å². The summed E-state index contributed by atoms with van der Waals surface area (Å²) in [6, 6.07) is 53.8. The Bertz CT molecular complexity index is 3030. The Morgan fingerprint density at radius 1 is 0.333 bits per heavy atom. The van der Waals surface area contributed by atoms with Crippen molar-refractivity contribution in [2.45, 2.75) is 0 Å². The molecule has 4 aromatic heterocycles. The molecule has 0 unspecified atom stereocenters. The Labute approximate surface area is 290 Å². The Hall–Kier alpha value is -7.05. The summed E-state index contributed by atoms with van der Waals surface area (Å²) in [4.78, 5) is 14.9. The lowest BCUT2D eigenvalue weighted by Gasteiger charge is -2.08. The molecule has 0 N–H and O–H groups in total. The average Bonchev–Trinajstić information content (AvgIpc) is 3.88. The van der Waals surface area contributed by atoms with Gasteiger partial charge in [-0.15, -0.1) is 0 Å². The first kappa shape index (κ1) is 27.9. The molecule has 0 atom stereocenters. The molecule has 6 heteroatoms. The van der Waals surface area contributed by atoms with E-state index in [0.717, 1.165) is 60.5 Å². The quantitative estimate of drug-likeness (QED) is 0.189. The van der Waals surface area contributed by atoms with Crippen LogP contribution in [0.5, 0.6) is 0 Å². The van der Waals surface area contributed by atoms with Crippen LogP contribution in [-0.4, -0.2) is 19.5 Å². The van der Waals surface area contributed by atoms with Crippen LogP contribution in [0.1, 0.15) is 0 Å². The molecule has 0 aliphatic carbocycles. The fraction of sp³-hybridized carbons (Fsp3) is 0. The number of para-hydroxylation sites is 4. The number of nitrogens with zero attached hydrogens (tertiary/aromatic N) is 4. The van der Waals surface area contributed by atoms with E-state index in [4.69, 9.17) is 23.8 Å². The molecule has 0 bridgehead atoms. The van der Waals surface area contributed by atoms with Crippen LogP contribution in [-0.2, 0) is 0 Å². The van der Waals surface area contributed by atoms with Gasteiger partial charge in [-0.3, -0.25) is 0 Å². The third-order valence-corrected chi connectivity index (χ3v) is 9.87. The maximum atomic E-state index is 6.89. The van der Waals surface area contributed by atoms with E-state index in [2.05, 4.69) is 89.5 Å². The number of hydrogen-bond donors (Lipinski definition) is 0. The van der Waals surface area contributed by atoms with E-state index in [1.54, 1.807) is 0 Å². The zero-order valence-corrected chi connectivity index (χ0v) is 27.1. The summed E-state index contributed by atoms with van der Waals surface area (Å²) in [5.41, 5.74) is 8.78. The van der Waals surface area contributed by atoms with Crippen molar-refractivity contribution in [3.05, 3.63) is 158 Å². The molecule has 6 nitrogen and oxygen atoms in total. The molecule has 11 rings (SSSR count). The van der Waals surface area contributed by atoms with Gasteiger partial charge in [0.2, 0.25) is 0 Å². The van der Waals surface area contributed by atoms with Gasteiger partial charge in [-0.25, -0.2) is 15.0 Å². The normalized spacial score (nSPS) is 11.9. The molecule has 0 aliphatic heterocycles. The Balaban J connectivity index is 1.16. The van der Waals surface area contributed by atoms with E-state index in [-0.39, 0.29) is 0 Å². The second-order valence-electron chi connectivity index (χ2n) is 12.8. The molecule has 0 saturated heterocycles. The van der Waals surface area contributed by atoms with Crippen molar-refractivity contribution in [1.29, 1.82) is 0 Å². The predicted octanol–water partition coefficient (Wildman–Crippen LogP) is 11.8. The van der Waals surface area contributed by atoms with E-state index < -0.39 is 0 Å². The molecular weight excluding hydrogens is 629 g/mol. The maximum Gasteiger partial charge on any atom is 0.178 e. The summed E-state index contributed by atoms with van der Waals surface area (Å²) in [5.74, 6) is 1.75. The molecular formula is C45H26N4O2. The number of rotatable bonds is 4. The summed E-state index contributed by atoms with van der Waals surface area (Å²) < 4.78 is 16.0. The van der Waals surface area contributed by atoms with Gasteiger partial charge in [-0.2, -0.15) is 0 Å². The molecule has 11 aromatic rings. The van der Waals surface area contributed by atoms with Crippen LogP contribution in [0.25, 0.3) is 106 Å². The lowest BCUT2D eigenvalue weighted by atomic mass is 10.1. The van der Waals surface area contributed by atoms with Gasteiger partial charge in [0.25, 0.3) is 0 Å². The number of aromatic nitrogens is 4. The van der Waals surface area contributed by atoms with Gasteiger partial charge in [0, 0.05) is 43.4 Å². The lowest BCUT2D eigenvalue weighted by molar-refractivity contribution is 0.632. The molecule has 7 aromatic carbocycles. The van der Waals surface area contributed by atoms with Crippen molar-refractivity contribution in [3.8, 4) is 39.9 Å². The summed E-state index contributed by atoms with van der Waals surface area (Å²) in [6.07, 6.45) is 0. The molecule has 0 spiro atoms. The Morgan fingerprint density at radius 3 is 1.39 bits per heavy atom. The number of fused-ring (bicyclic) bond motifs is 10. The van der Waals surface area contributed by atoms with Crippen molar-refractivity contribution in [2.24, 2.45) is 0 Å². The fourth-order valence-electron chi connectivity index (χ4n) is 7.56. The van der Waals surface area contributed by atoms with Crippen molar-refractivity contribution in [1.82, 2.24) is 19.5 Å². The highest BCUT2D eigenvalue weighted by atomic mass is 16.4. The maximum absolute atomic E-state index is 6.89. The second kappa shape index (κ2) is 10.7. The number of benzene rings is 7. The molecule has 0 amide bonds. The molecule has 4 heterocycles. The predicted molar refractivity (Wildman–Crippen MR) is 205 cm³/mol. The SMILES string of the molecule is c1ccc(-c2nc(-c3ccccc3)nc(-c3cccc4c3oc3c4ccc4c5cccc(-n6c7ccccc7c7ccccc76)c5oc43)n2)cc1. The van der Waals surface area contributed by atoms with Crippen LogP contribution >= 0.6 is 0 Å². The standard InChI is InChI=1S/C45H26N4O2/c1-3-13-27(14-4-1)43-46-44(28-15-5-2-6-16-28)48-45(47-43)35-21-11-19-31-33-25-26-34-32-20-12-24-38(40(32)51-42(34)41(33)50-39(31)35)49-36-22-9-7-17-29(36)30-18-8-10-23-37(30)49/h1-26H. The van der Waals surface area contributed by atoms with Crippen LogP contribution in [0.2, 0.25) is 0 Å². The fourth-order valence-corrected chi connectivity index (χ4v) is 7.56. The third-order valence-electron chi connectivity index (χ3n) is 9.87. The lowest BCUT2D eigenvalue weighted by Crippen LogP contribution is -2.00. The minimum absolute atomic E-state index is 0.543. The van der Waals surface area contributed by atoms with Gasteiger partial charge in [0.15, 0.2) is 34.2 Å². The van der Waals surface area contributed by atoms with Gasteiger partial charge >= 0.3 is 0 Å². The number of furan rings is 2. The number of hydrogen-bond acceptors (Lipinski definition) is 5. The second-order valence-corrected chi connectivity index (χ2v) is 12.8. The molecule has 0 saturated carbocycles. The first-order valence-corrected chi connectivity index (χ1v) is 17.0. The van der Waals surface area contributed by atoms with E-state index in [1.807, 2.05) is 72.8 Å². The minimum atomic E-state index is 0.543. The molecule has 51 heavy (non-hydrogen) atoms. The van der Waals surface area contributed by atoms with Crippen LogP contribution < -0.4 is 0 Å². The van der Waals surface area contributed by atoms with Gasteiger partial charge in [-0.05, 0) is 36.4 Å². The zero-order chi connectivity index (χ0) is 33.5. The minimum Gasteiger partial charge on any atom is -0.451 e. The van der Waals surface area contributed by atoms with E-state index in [1.165, 1.54) is 10.8 Å². The monoisotopic (exact) mass is 654 g/mol. The topological polar surface area (TPSA) is 69.9 Å². The van der Waals surface area contributed by atoms with E-state index >= 15 is 0 Å². The van der Waals surface area contributed by atoms with Gasteiger partial charge < -0.3 is 13.4 Å². The Kier molecular flexibility index (Phi) is 5.86. The molecule has 238 valence electrons. The van der Waals surface area contributed by atoms with Crippen LogP contribution in [0, 0.1) is 0 Å². The van der Waals surface area contributed by atoms with E-state index in [9.17, 15) is 0 Å². The molecule has 0 aliphatic rings. The summed E-state index contributed by atoms with van der Waals surface area (Å²) in [6.45, 7) is 0. The van der Waals surface area contributed by atoms with Gasteiger partial charge in [0.1, 0.15) is 5.58 Å². The smallest absolute Gasteiger partial charge is 0.178 e. The highest BCUT2D eigenvalue weighted by molar-refractivity contribution is 6.21. The highest BCUT2D eigenvalue weighted by Gasteiger charge is 2.22. The molecule has 0 radical (unpaired) electrons. The molecule has 0 fully saturated rings. The summed E-state index contributed by atoms with van der Waals surface area (Å²) in [7, 11) is 0. The van der Waals surface area contributed by atoms with Crippen molar-refractivity contribution in [3.63, 3.8) is 0 Å². The van der Waals surface area contributed by atoms with Gasteiger partial charge in [0.05, 0.1) is 22.3 Å². The third kappa shape index (κ3) is 4.14. The van der Waals surface area contributed by atoms with Crippen LogP contribution in [0.4, 0.5) is 0 Å². The summed E-state index contributed by atoms with van der Waals surface area (Å²) in [5, 5.41) is 6.38. The van der Waals surface area contributed by atoms with E-state index in [0.29, 0.717) is 34.2 Å². The van der Waals surface area contributed by atoms with Gasteiger partial charge in [-0.1, -0.05) is 121 Å². The van der Waals surface area contributed by atoms with Crippen molar-refractivity contribution >= 4 is 65.7 Å². The Morgan fingerprint density at radius 2 is 0.784 bits per heavy atom. The average molecular weight is 655 g/mol. The zero-order valence-electron chi connectivity index (χ0n) is 27.1. The first-order chi connectivity index (χ1) is 25.3. The van der Waals surface area contributed by atoms with Crippen LogP contribution in [0.15, 0.2) is 167 Å². The highest BCUT2D eigenvalue weighted by Crippen LogP contribution is 2.43. The van der Waals surface area contributed by atoms with Crippen LogP contribution in [0.3, 0.4) is 0 Å². The summed E-state index contributed by atoms with van der Waals surface area (Å²) >= 11 is 0. The largest absolute Gasteiger partial charge is 0.451 e.